The quantitative estimate of drug-likeness (QED) is 0.849. The summed E-state index contributed by atoms with van der Waals surface area (Å²) in [6.45, 7) is 1.72. The summed E-state index contributed by atoms with van der Waals surface area (Å²) in [6, 6.07) is 2.87. The average Bonchev–Trinajstić information content (AvgIpc) is 3.07. The highest BCUT2D eigenvalue weighted by molar-refractivity contribution is 5.65. The fourth-order valence-corrected chi connectivity index (χ4v) is 3.30. The van der Waals surface area contributed by atoms with Gasteiger partial charge in [0.25, 0.3) is 0 Å². The molecule has 0 bridgehead atoms. The smallest absolute Gasteiger partial charge is 0.170 e. The minimum Gasteiger partial charge on any atom is -0.383 e. The lowest BCUT2D eigenvalue weighted by Crippen LogP contribution is -2.40. The molecular weight excluding hydrogens is 252 g/mol. The maximum atomic E-state index is 9.40. The first-order valence-corrected chi connectivity index (χ1v) is 7.49. The second-order valence-corrected chi connectivity index (χ2v) is 5.90. The van der Waals surface area contributed by atoms with E-state index >= 15 is 0 Å². The van der Waals surface area contributed by atoms with Crippen molar-refractivity contribution in [2.45, 2.75) is 50.6 Å². The van der Waals surface area contributed by atoms with Gasteiger partial charge in [-0.1, -0.05) is 12.8 Å². The van der Waals surface area contributed by atoms with E-state index < -0.39 is 0 Å². The Labute approximate surface area is 119 Å². The van der Waals surface area contributed by atoms with Gasteiger partial charge in [-0.05, 0) is 25.7 Å². The summed E-state index contributed by atoms with van der Waals surface area (Å²) in [7, 11) is 0. The Morgan fingerprint density at radius 3 is 2.40 bits per heavy atom. The van der Waals surface area contributed by atoms with Crippen LogP contribution in [0.1, 0.15) is 50.1 Å². The van der Waals surface area contributed by atoms with Gasteiger partial charge in [0.1, 0.15) is 17.5 Å². The molecule has 0 spiro atoms. The molecule has 0 radical (unpaired) electrons. The predicted molar refractivity (Wildman–Crippen MR) is 78.3 cm³/mol. The van der Waals surface area contributed by atoms with Crippen LogP contribution >= 0.6 is 0 Å². The molecule has 2 fully saturated rings. The molecule has 1 aliphatic carbocycles. The summed E-state index contributed by atoms with van der Waals surface area (Å²) < 4.78 is 1.88. The molecule has 1 aromatic rings. The highest BCUT2D eigenvalue weighted by atomic mass is 15.4. The highest BCUT2D eigenvalue weighted by Gasteiger charge is 2.28. The zero-order valence-corrected chi connectivity index (χ0v) is 11.8. The second kappa shape index (κ2) is 5.33. The summed E-state index contributed by atoms with van der Waals surface area (Å²) in [5, 5.41) is 14.1. The molecule has 1 saturated heterocycles. The van der Waals surface area contributed by atoms with E-state index in [4.69, 9.17) is 11.5 Å². The molecule has 1 saturated carbocycles. The normalized spacial score (nSPS) is 21.3. The molecule has 3 rings (SSSR count). The van der Waals surface area contributed by atoms with Crippen molar-refractivity contribution in [3.63, 3.8) is 0 Å². The molecule has 108 valence electrons. The Balaban J connectivity index is 1.90. The number of hydrogen-bond donors (Lipinski definition) is 2. The van der Waals surface area contributed by atoms with Crippen molar-refractivity contribution in [1.29, 1.82) is 5.26 Å². The molecular formula is C14H22N6. The molecule has 6 nitrogen and oxygen atoms in total. The van der Waals surface area contributed by atoms with Crippen molar-refractivity contribution < 1.29 is 0 Å². The molecule has 2 heterocycles. The van der Waals surface area contributed by atoms with Crippen molar-refractivity contribution in [3.8, 4) is 6.07 Å². The lowest BCUT2D eigenvalue weighted by molar-refractivity contribution is 0.464. The number of piperidine rings is 1. The molecule has 6 heteroatoms. The third kappa shape index (κ3) is 2.22. The molecule has 1 aromatic heterocycles. The molecule has 0 aromatic carbocycles. The summed E-state index contributed by atoms with van der Waals surface area (Å²) >= 11 is 0. The van der Waals surface area contributed by atoms with Gasteiger partial charge in [0.2, 0.25) is 0 Å². The number of nitrogens with zero attached hydrogens (tertiary/aromatic N) is 4. The lowest BCUT2D eigenvalue weighted by Gasteiger charge is -2.30. The van der Waals surface area contributed by atoms with E-state index in [0.29, 0.717) is 17.4 Å². The molecule has 0 unspecified atom stereocenters. The van der Waals surface area contributed by atoms with Crippen LogP contribution in [-0.4, -0.2) is 28.9 Å². The van der Waals surface area contributed by atoms with Gasteiger partial charge >= 0.3 is 0 Å². The number of nitrogen functional groups attached to an aromatic ring is 1. The van der Waals surface area contributed by atoms with Crippen LogP contribution in [0.3, 0.4) is 0 Å². The van der Waals surface area contributed by atoms with Crippen molar-refractivity contribution in [2.24, 2.45) is 5.73 Å². The summed E-state index contributed by atoms with van der Waals surface area (Å²) in [6.07, 6.45) is 6.56. The molecule has 0 atom stereocenters. The van der Waals surface area contributed by atoms with Crippen LogP contribution in [0.4, 0.5) is 11.6 Å². The number of nitriles is 1. The predicted octanol–water partition coefficient (Wildman–Crippen LogP) is 1.38. The minimum absolute atomic E-state index is 0.269. The fourth-order valence-electron chi connectivity index (χ4n) is 3.30. The van der Waals surface area contributed by atoms with E-state index in [0.717, 1.165) is 44.6 Å². The zero-order valence-electron chi connectivity index (χ0n) is 11.8. The van der Waals surface area contributed by atoms with Crippen molar-refractivity contribution in [2.75, 3.05) is 23.7 Å². The van der Waals surface area contributed by atoms with Crippen LogP contribution in [-0.2, 0) is 0 Å². The first kappa shape index (κ1) is 13.3. The topological polar surface area (TPSA) is 96.9 Å². The van der Waals surface area contributed by atoms with Crippen LogP contribution < -0.4 is 16.4 Å². The Hall–Kier alpha value is -1.74. The second-order valence-electron chi connectivity index (χ2n) is 5.90. The van der Waals surface area contributed by atoms with E-state index in [1.165, 1.54) is 12.8 Å². The van der Waals surface area contributed by atoms with Crippen molar-refractivity contribution in [3.05, 3.63) is 5.56 Å². The summed E-state index contributed by atoms with van der Waals surface area (Å²) in [4.78, 5) is 2.16. The van der Waals surface area contributed by atoms with Crippen molar-refractivity contribution >= 4 is 11.6 Å². The molecule has 2 aliphatic rings. The summed E-state index contributed by atoms with van der Waals surface area (Å²) in [5.41, 5.74) is 12.6. The van der Waals surface area contributed by atoms with Gasteiger partial charge in [-0.3, -0.25) is 0 Å². The van der Waals surface area contributed by atoms with Crippen LogP contribution in [0.5, 0.6) is 0 Å². The van der Waals surface area contributed by atoms with Crippen molar-refractivity contribution in [1.82, 2.24) is 9.78 Å². The maximum absolute atomic E-state index is 9.40. The van der Waals surface area contributed by atoms with E-state index in [-0.39, 0.29) is 6.04 Å². The molecule has 20 heavy (non-hydrogen) atoms. The number of hydrogen-bond acceptors (Lipinski definition) is 5. The van der Waals surface area contributed by atoms with Gasteiger partial charge < -0.3 is 16.4 Å². The zero-order chi connectivity index (χ0) is 14.1. The first-order chi connectivity index (χ1) is 9.70. The number of rotatable bonds is 2. The third-order valence-electron chi connectivity index (χ3n) is 4.55. The van der Waals surface area contributed by atoms with E-state index in [2.05, 4.69) is 16.1 Å². The largest absolute Gasteiger partial charge is 0.383 e. The molecule has 4 N–H and O–H groups in total. The maximum Gasteiger partial charge on any atom is 0.170 e. The Morgan fingerprint density at radius 1 is 1.15 bits per heavy atom. The standard InChI is InChI=1S/C14H22N6/c15-9-12-13(17)20(11-3-1-2-4-11)18-14(12)19-7-5-10(16)6-8-19/h10-11H,1-8,16-17H2. The first-order valence-electron chi connectivity index (χ1n) is 7.49. The average molecular weight is 274 g/mol. The van der Waals surface area contributed by atoms with Gasteiger partial charge in [0, 0.05) is 19.1 Å². The third-order valence-corrected chi connectivity index (χ3v) is 4.55. The van der Waals surface area contributed by atoms with Crippen LogP contribution in [0.2, 0.25) is 0 Å². The van der Waals surface area contributed by atoms with Gasteiger partial charge in [0.05, 0.1) is 6.04 Å². The Bertz CT molecular complexity index is 515. The SMILES string of the molecule is N#Cc1c(N2CCC(N)CC2)nn(C2CCCC2)c1N. The van der Waals surface area contributed by atoms with Gasteiger partial charge in [-0.25, -0.2) is 4.68 Å². The number of aromatic nitrogens is 2. The van der Waals surface area contributed by atoms with Crippen LogP contribution in [0.25, 0.3) is 0 Å². The highest BCUT2D eigenvalue weighted by Crippen LogP contribution is 2.35. The fraction of sp³-hybridized carbons (Fsp3) is 0.714. The number of nitrogens with two attached hydrogens (primary N) is 2. The number of anilines is 2. The molecule has 1 aliphatic heterocycles. The Kier molecular flexibility index (Phi) is 3.53. The van der Waals surface area contributed by atoms with Gasteiger partial charge in [-0.2, -0.15) is 10.4 Å². The Morgan fingerprint density at radius 2 is 1.80 bits per heavy atom. The van der Waals surface area contributed by atoms with E-state index in [1.54, 1.807) is 0 Å². The molecule has 0 amide bonds. The van der Waals surface area contributed by atoms with Gasteiger partial charge in [0.15, 0.2) is 5.82 Å². The van der Waals surface area contributed by atoms with E-state index in [9.17, 15) is 5.26 Å². The van der Waals surface area contributed by atoms with Crippen LogP contribution in [0, 0.1) is 11.3 Å². The van der Waals surface area contributed by atoms with Gasteiger partial charge in [-0.15, -0.1) is 0 Å². The monoisotopic (exact) mass is 274 g/mol. The minimum atomic E-state index is 0.269. The van der Waals surface area contributed by atoms with Crippen LogP contribution in [0.15, 0.2) is 0 Å². The lowest BCUT2D eigenvalue weighted by atomic mass is 10.1. The summed E-state index contributed by atoms with van der Waals surface area (Å²) in [5.74, 6) is 1.29. The van der Waals surface area contributed by atoms with E-state index in [1.807, 2.05) is 4.68 Å².